The Bertz CT molecular complexity index is 389. The number of hydrogen-bond acceptors (Lipinski definition) is 4. The number of hydrogen-bond donors (Lipinski definition) is 1. The molecule has 0 spiro atoms. The molecule has 92 valence electrons. The summed E-state index contributed by atoms with van der Waals surface area (Å²) >= 11 is 0. The van der Waals surface area contributed by atoms with E-state index in [0.717, 1.165) is 18.9 Å². The molecule has 0 aliphatic heterocycles. The molecule has 0 unspecified atom stereocenters. The number of aromatic nitrogens is 1. The molecule has 0 saturated heterocycles. The zero-order chi connectivity index (χ0) is 12.1. The molecule has 17 heavy (non-hydrogen) atoms. The lowest BCUT2D eigenvalue weighted by Gasteiger charge is -2.10. The second-order valence-electron chi connectivity index (χ2n) is 4.52. The lowest BCUT2D eigenvalue weighted by molar-refractivity contribution is -0.384. The van der Waals surface area contributed by atoms with E-state index in [1.165, 1.54) is 31.9 Å². The van der Waals surface area contributed by atoms with Gasteiger partial charge in [0.2, 0.25) is 0 Å². The average molecular weight is 235 g/mol. The highest BCUT2D eigenvalue weighted by Gasteiger charge is 2.16. The van der Waals surface area contributed by atoms with Crippen molar-refractivity contribution in [3.05, 3.63) is 28.6 Å². The van der Waals surface area contributed by atoms with E-state index >= 15 is 0 Å². The van der Waals surface area contributed by atoms with Gasteiger partial charge in [-0.3, -0.25) is 15.1 Å². The molecule has 1 heterocycles. The summed E-state index contributed by atoms with van der Waals surface area (Å²) in [6.07, 6.45) is 9.24. The number of pyridine rings is 1. The van der Waals surface area contributed by atoms with Crippen LogP contribution in [0.4, 0.5) is 11.4 Å². The Labute approximate surface area is 100 Å². The van der Waals surface area contributed by atoms with Crippen molar-refractivity contribution < 1.29 is 4.92 Å². The Kier molecular flexibility index (Phi) is 3.90. The molecule has 1 aliphatic rings. The van der Waals surface area contributed by atoms with Gasteiger partial charge < -0.3 is 5.32 Å². The quantitative estimate of drug-likeness (QED) is 0.629. The highest BCUT2D eigenvalue weighted by atomic mass is 16.6. The topological polar surface area (TPSA) is 68.1 Å². The molecular weight excluding hydrogens is 218 g/mol. The third kappa shape index (κ3) is 3.15. The molecule has 5 heteroatoms. The zero-order valence-electron chi connectivity index (χ0n) is 9.76. The van der Waals surface area contributed by atoms with E-state index in [2.05, 4.69) is 10.3 Å². The first-order chi connectivity index (χ1) is 8.27. The molecule has 0 atom stereocenters. The van der Waals surface area contributed by atoms with Crippen molar-refractivity contribution in [1.82, 2.24) is 4.98 Å². The summed E-state index contributed by atoms with van der Waals surface area (Å²) in [5.74, 6) is 0.795. The summed E-state index contributed by atoms with van der Waals surface area (Å²) in [4.78, 5) is 14.1. The minimum absolute atomic E-state index is 0.0546. The summed E-state index contributed by atoms with van der Waals surface area (Å²) in [6, 6.07) is 1.66. The molecule has 5 nitrogen and oxygen atoms in total. The predicted molar refractivity (Wildman–Crippen MR) is 66.0 cm³/mol. The maximum Gasteiger partial charge on any atom is 0.310 e. The van der Waals surface area contributed by atoms with Crippen LogP contribution in [0, 0.1) is 16.0 Å². The average Bonchev–Trinajstić information content (AvgIpc) is 2.82. The Morgan fingerprint density at radius 1 is 1.47 bits per heavy atom. The monoisotopic (exact) mass is 235 g/mol. The van der Waals surface area contributed by atoms with E-state index in [1.54, 1.807) is 12.3 Å². The van der Waals surface area contributed by atoms with Gasteiger partial charge in [-0.25, -0.2) is 0 Å². The first-order valence-corrected chi connectivity index (χ1v) is 6.09. The fourth-order valence-corrected chi connectivity index (χ4v) is 2.39. The molecule has 0 aromatic carbocycles. The molecule has 1 aromatic rings. The summed E-state index contributed by atoms with van der Waals surface area (Å²) < 4.78 is 0. The Hall–Kier alpha value is -1.65. The van der Waals surface area contributed by atoms with Crippen LogP contribution in [-0.4, -0.2) is 16.5 Å². The van der Waals surface area contributed by atoms with Gasteiger partial charge in [0.1, 0.15) is 11.9 Å². The van der Waals surface area contributed by atoms with Gasteiger partial charge in [-0.2, -0.15) is 0 Å². The molecule has 0 amide bonds. The second kappa shape index (κ2) is 5.61. The van der Waals surface area contributed by atoms with Gasteiger partial charge in [0.15, 0.2) is 0 Å². The maximum atomic E-state index is 10.8. The van der Waals surface area contributed by atoms with Crippen molar-refractivity contribution in [2.24, 2.45) is 5.92 Å². The van der Waals surface area contributed by atoms with Crippen LogP contribution < -0.4 is 5.32 Å². The first kappa shape index (κ1) is 11.8. The molecule has 1 N–H and O–H groups in total. The van der Waals surface area contributed by atoms with E-state index < -0.39 is 4.92 Å². The summed E-state index contributed by atoms with van der Waals surface area (Å²) in [5, 5.41) is 13.9. The van der Waals surface area contributed by atoms with Crippen molar-refractivity contribution in [3.63, 3.8) is 0 Å². The molecule has 0 bridgehead atoms. The molecule has 1 fully saturated rings. The third-order valence-electron chi connectivity index (χ3n) is 3.34. The number of anilines is 1. The highest BCUT2D eigenvalue weighted by molar-refractivity contribution is 5.59. The minimum atomic E-state index is -0.398. The fraction of sp³-hybridized carbons (Fsp3) is 0.583. The molecule has 1 saturated carbocycles. The normalized spacial score (nSPS) is 16.0. The van der Waals surface area contributed by atoms with Gasteiger partial charge in [0, 0.05) is 12.7 Å². The highest BCUT2D eigenvalue weighted by Crippen LogP contribution is 2.28. The van der Waals surface area contributed by atoms with Crippen LogP contribution in [0.3, 0.4) is 0 Å². The third-order valence-corrected chi connectivity index (χ3v) is 3.34. The lowest BCUT2D eigenvalue weighted by atomic mass is 10.0. The first-order valence-electron chi connectivity index (χ1n) is 6.09. The van der Waals surface area contributed by atoms with Crippen LogP contribution >= 0.6 is 0 Å². The van der Waals surface area contributed by atoms with Crippen LogP contribution in [0.15, 0.2) is 18.5 Å². The number of nitro groups is 1. The van der Waals surface area contributed by atoms with Crippen molar-refractivity contribution >= 4 is 11.4 Å². The van der Waals surface area contributed by atoms with Crippen molar-refractivity contribution in [1.29, 1.82) is 0 Å². The SMILES string of the molecule is O=[N+]([O-])c1cnccc1NCCC1CCCC1. The van der Waals surface area contributed by atoms with E-state index in [4.69, 9.17) is 0 Å². The largest absolute Gasteiger partial charge is 0.379 e. The summed E-state index contributed by atoms with van der Waals surface area (Å²) in [5.41, 5.74) is 0.627. The van der Waals surface area contributed by atoms with Crippen LogP contribution in [-0.2, 0) is 0 Å². The van der Waals surface area contributed by atoms with E-state index in [0.29, 0.717) is 5.69 Å². The number of rotatable bonds is 5. The van der Waals surface area contributed by atoms with Crippen LogP contribution in [0.5, 0.6) is 0 Å². The molecule has 1 aromatic heterocycles. The van der Waals surface area contributed by atoms with Gasteiger partial charge >= 0.3 is 5.69 Å². The minimum Gasteiger partial charge on any atom is -0.379 e. The second-order valence-corrected chi connectivity index (χ2v) is 4.52. The smallest absolute Gasteiger partial charge is 0.310 e. The van der Waals surface area contributed by atoms with Gasteiger partial charge in [0.25, 0.3) is 0 Å². The lowest BCUT2D eigenvalue weighted by Crippen LogP contribution is -2.08. The van der Waals surface area contributed by atoms with Crippen LogP contribution in [0.1, 0.15) is 32.1 Å². The Balaban J connectivity index is 1.87. The number of nitrogens with one attached hydrogen (secondary N) is 1. The van der Waals surface area contributed by atoms with E-state index in [9.17, 15) is 10.1 Å². The predicted octanol–water partition coefficient (Wildman–Crippen LogP) is 2.98. The van der Waals surface area contributed by atoms with E-state index in [1.807, 2.05) is 0 Å². The van der Waals surface area contributed by atoms with Gasteiger partial charge in [-0.05, 0) is 18.4 Å². The zero-order valence-corrected chi connectivity index (χ0v) is 9.76. The van der Waals surface area contributed by atoms with Gasteiger partial charge in [-0.15, -0.1) is 0 Å². The Morgan fingerprint density at radius 3 is 2.94 bits per heavy atom. The maximum absolute atomic E-state index is 10.8. The van der Waals surface area contributed by atoms with Crippen LogP contribution in [0.2, 0.25) is 0 Å². The van der Waals surface area contributed by atoms with Crippen molar-refractivity contribution in [2.45, 2.75) is 32.1 Å². The summed E-state index contributed by atoms with van der Waals surface area (Å²) in [7, 11) is 0. The van der Waals surface area contributed by atoms with E-state index in [-0.39, 0.29) is 5.69 Å². The fourth-order valence-electron chi connectivity index (χ4n) is 2.39. The number of nitrogens with zero attached hydrogens (tertiary/aromatic N) is 2. The van der Waals surface area contributed by atoms with Crippen molar-refractivity contribution in [2.75, 3.05) is 11.9 Å². The van der Waals surface area contributed by atoms with Gasteiger partial charge in [0.05, 0.1) is 4.92 Å². The molecular formula is C12H17N3O2. The van der Waals surface area contributed by atoms with Crippen LogP contribution in [0.25, 0.3) is 0 Å². The standard InChI is InChI=1S/C12H17N3O2/c16-15(17)12-9-13-7-6-11(12)14-8-5-10-3-1-2-4-10/h6-7,9-10H,1-5,8H2,(H,13,14). The summed E-state index contributed by atoms with van der Waals surface area (Å²) in [6.45, 7) is 0.801. The molecule has 2 rings (SSSR count). The molecule has 1 aliphatic carbocycles. The molecule has 0 radical (unpaired) electrons. The Morgan fingerprint density at radius 2 is 2.24 bits per heavy atom. The van der Waals surface area contributed by atoms with Gasteiger partial charge in [-0.1, -0.05) is 25.7 Å². The van der Waals surface area contributed by atoms with Crippen molar-refractivity contribution in [3.8, 4) is 0 Å².